The van der Waals surface area contributed by atoms with Gasteiger partial charge in [0.1, 0.15) is 24.5 Å². The molecule has 2 atom stereocenters. The predicted octanol–water partition coefficient (Wildman–Crippen LogP) is 3.44. The smallest absolute Gasteiger partial charge is 0.332 e. The first-order valence-electron chi connectivity index (χ1n) is 9.54. The molecule has 6 heteroatoms. The van der Waals surface area contributed by atoms with Crippen molar-refractivity contribution in [3.63, 3.8) is 0 Å². The fourth-order valence-electron chi connectivity index (χ4n) is 3.53. The van der Waals surface area contributed by atoms with Crippen molar-refractivity contribution < 1.29 is 19.4 Å². The molecular weight excluding hydrogens is 368 g/mol. The zero-order valence-electron chi connectivity index (χ0n) is 16.1. The molecule has 3 aromatic carbocycles. The summed E-state index contributed by atoms with van der Waals surface area (Å²) in [5, 5.41) is 12.5. The Morgan fingerprint density at radius 1 is 0.966 bits per heavy atom. The maximum atomic E-state index is 12.8. The molecule has 0 radical (unpaired) electrons. The standard InChI is InChI=1S/C23H22N2O4/c1-16-22(27)24(23(28)25(16)19-9-3-2-4-10-19)14-20(26)15-29-21-12-11-17-7-5-6-8-18(17)13-21/h2-13,16,20,26H,14-15H2,1H3/t16-,20+/m1/s1. The number of carbonyl (C=O) groups is 2. The highest BCUT2D eigenvalue weighted by Crippen LogP contribution is 2.26. The minimum Gasteiger partial charge on any atom is -0.491 e. The Kier molecular flexibility index (Phi) is 5.18. The van der Waals surface area contributed by atoms with Crippen LogP contribution in [0, 0.1) is 0 Å². The summed E-state index contributed by atoms with van der Waals surface area (Å²) < 4.78 is 5.68. The second kappa shape index (κ2) is 7.93. The Morgan fingerprint density at radius 2 is 1.66 bits per heavy atom. The van der Waals surface area contributed by atoms with Crippen molar-refractivity contribution >= 4 is 28.4 Å². The fraction of sp³-hybridized carbons (Fsp3) is 0.217. The molecule has 148 valence electrons. The number of hydrogen-bond donors (Lipinski definition) is 1. The quantitative estimate of drug-likeness (QED) is 0.655. The van der Waals surface area contributed by atoms with E-state index in [4.69, 9.17) is 4.74 Å². The number of ether oxygens (including phenoxy) is 1. The number of amides is 3. The first-order chi connectivity index (χ1) is 14.0. The topological polar surface area (TPSA) is 70.1 Å². The summed E-state index contributed by atoms with van der Waals surface area (Å²) in [7, 11) is 0. The van der Waals surface area contributed by atoms with E-state index in [0.29, 0.717) is 11.4 Å². The van der Waals surface area contributed by atoms with Gasteiger partial charge in [-0.05, 0) is 42.0 Å². The zero-order valence-corrected chi connectivity index (χ0v) is 16.1. The first kappa shape index (κ1) is 19.0. The molecule has 1 fully saturated rings. The van der Waals surface area contributed by atoms with Gasteiger partial charge >= 0.3 is 6.03 Å². The van der Waals surface area contributed by atoms with E-state index in [1.165, 1.54) is 4.90 Å². The SMILES string of the molecule is C[C@@H]1C(=O)N(C[C@H](O)COc2ccc3ccccc3c2)C(=O)N1c1ccccc1. The van der Waals surface area contributed by atoms with Gasteiger partial charge in [0.05, 0.1) is 6.54 Å². The van der Waals surface area contributed by atoms with Crippen LogP contribution in [0.25, 0.3) is 10.8 Å². The van der Waals surface area contributed by atoms with Crippen molar-refractivity contribution in [2.24, 2.45) is 0 Å². The van der Waals surface area contributed by atoms with Crippen LogP contribution in [0.4, 0.5) is 10.5 Å². The van der Waals surface area contributed by atoms with E-state index in [9.17, 15) is 14.7 Å². The molecule has 1 heterocycles. The highest BCUT2D eigenvalue weighted by molar-refractivity contribution is 6.14. The van der Waals surface area contributed by atoms with Crippen LogP contribution in [0.5, 0.6) is 5.75 Å². The third-order valence-electron chi connectivity index (χ3n) is 5.04. The summed E-state index contributed by atoms with van der Waals surface area (Å²) in [6.45, 7) is 1.55. The van der Waals surface area contributed by atoms with Crippen molar-refractivity contribution in [3.8, 4) is 5.75 Å². The molecule has 0 aromatic heterocycles. The molecule has 1 N–H and O–H groups in total. The Bertz CT molecular complexity index is 1040. The van der Waals surface area contributed by atoms with Crippen LogP contribution in [0.15, 0.2) is 72.8 Å². The summed E-state index contributed by atoms with van der Waals surface area (Å²) in [4.78, 5) is 27.9. The normalized spacial score (nSPS) is 17.8. The molecule has 0 aliphatic carbocycles. The molecule has 1 saturated heterocycles. The number of aliphatic hydroxyl groups excluding tert-OH is 1. The number of benzene rings is 3. The van der Waals surface area contributed by atoms with Gasteiger partial charge in [0.25, 0.3) is 5.91 Å². The summed E-state index contributed by atoms with van der Waals surface area (Å²) in [6.07, 6.45) is -0.989. The lowest BCUT2D eigenvalue weighted by Crippen LogP contribution is -2.40. The van der Waals surface area contributed by atoms with Crippen molar-refractivity contribution in [1.82, 2.24) is 4.90 Å². The van der Waals surface area contributed by atoms with E-state index in [-0.39, 0.29) is 19.1 Å². The highest BCUT2D eigenvalue weighted by atomic mass is 16.5. The number of anilines is 1. The molecule has 3 aromatic rings. The Hall–Kier alpha value is -3.38. The average molecular weight is 390 g/mol. The van der Waals surface area contributed by atoms with Gasteiger partial charge in [-0.3, -0.25) is 14.6 Å². The van der Waals surface area contributed by atoms with Crippen molar-refractivity contribution in [3.05, 3.63) is 72.8 Å². The van der Waals surface area contributed by atoms with Crippen molar-refractivity contribution in [2.45, 2.75) is 19.1 Å². The van der Waals surface area contributed by atoms with E-state index in [1.54, 1.807) is 19.1 Å². The number of nitrogens with zero attached hydrogens (tertiary/aromatic N) is 2. The third-order valence-corrected chi connectivity index (χ3v) is 5.04. The molecule has 6 nitrogen and oxygen atoms in total. The van der Waals surface area contributed by atoms with E-state index in [0.717, 1.165) is 15.7 Å². The molecule has 0 saturated carbocycles. The van der Waals surface area contributed by atoms with Crippen molar-refractivity contribution in [2.75, 3.05) is 18.1 Å². The molecule has 29 heavy (non-hydrogen) atoms. The lowest BCUT2D eigenvalue weighted by atomic mass is 10.1. The molecule has 0 spiro atoms. The number of carbonyl (C=O) groups excluding carboxylic acids is 2. The maximum absolute atomic E-state index is 12.8. The first-order valence-corrected chi connectivity index (χ1v) is 9.54. The van der Waals surface area contributed by atoms with Gasteiger partial charge in [-0.25, -0.2) is 4.79 Å². The Morgan fingerprint density at radius 3 is 2.41 bits per heavy atom. The minimum absolute atomic E-state index is 0.0187. The predicted molar refractivity (Wildman–Crippen MR) is 111 cm³/mol. The summed E-state index contributed by atoms with van der Waals surface area (Å²) in [5.74, 6) is 0.296. The Labute approximate surface area is 168 Å². The number of fused-ring (bicyclic) bond motifs is 1. The summed E-state index contributed by atoms with van der Waals surface area (Å²) in [5.41, 5.74) is 0.655. The number of β-amino-alcohol motifs (C(OH)–C–C–N with tert-alkyl or cyclic N) is 1. The maximum Gasteiger partial charge on any atom is 0.332 e. The number of imide groups is 1. The number of rotatable bonds is 6. The van der Waals surface area contributed by atoms with Crippen molar-refractivity contribution in [1.29, 1.82) is 0 Å². The van der Waals surface area contributed by atoms with Crippen LogP contribution in [-0.4, -0.2) is 47.2 Å². The van der Waals surface area contributed by atoms with Crippen LogP contribution in [0.3, 0.4) is 0 Å². The van der Waals surface area contributed by atoms with Gasteiger partial charge in [-0.15, -0.1) is 0 Å². The molecule has 0 bridgehead atoms. The fourth-order valence-corrected chi connectivity index (χ4v) is 3.53. The molecular formula is C23H22N2O4. The van der Waals surface area contributed by atoms with Crippen LogP contribution in [0.2, 0.25) is 0 Å². The second-order valence-electron chi connectivity index (χ2n) is 7.09. The molecule has 4 rings (SSSR count). The largest absolute Gasteiger partial charge is 0.491 e. The number of urea groups is 1. The van der Waals surface area contributed by atoms with Gasteiger partial charge in [0.2, 0.25) is 0 Å². The third kappa shape index (κ3) is 3.79. The van der Waals surface area contributed by atoms with Crippen LogP contribution in [-0.2, 0) is 4.79 Å². The monoisotopic (exact) mass is 390 g/mol. The molecule has 1 aliphatic heterocycles. The highest BCUT2D eigenvalue weighted by Gasteiger charge is 2.43. The summed E-state index contributed by atoms with van der Waals surface area (Å²) >= 11 is 0. The molecule has 1 aliphatic rings. The van der Waals surface area contributed by atoms with E-state index in [1.807, 2.05) is 60.7 Å². The van der Waals surface area contributed by atoms with Gasteiger partial charge in [0, 0.05) is 5.69 Å². The van der Waals surface area contributed by atoms with Gasteiger partial charge in [0.15, 0.2) is 0 Å². The van der Waals surface area contributed by atoms with E-state index >= 15 is 0 Å². The second-order valence-corrected chi connectivity index (χ2v) is 7.09. The Balaban J connectivity index is 1.40. The zero-order chi connectivity index (χ0) is 20.4. The number of hydrogen-bond acceptors (Lipinski definition) is 4. The lowest BCUT2D eigenvalue weighted by molar-refractivity contribution is -0.128. The summed E-state index contributed by atoms with van der Waals surface area (Å²) in [6, 6.07) is 21.6. The average Bonchev–Trinajstić information content (AvgIpc) is 2.96. The van der Waals surface area contributed by atoms with Gasteiger partial charge in [-0.2, -0.15) is 0 Å². The van der Waals surface area contributed by atoms with Gasteiger partial charge in [-0.1, -0.05) is 48.5 Å². The molecule has 0 unspecified atom stereocenters. The molecule has 3 amide bonds. The number of aliphatic hydroxyl groups is 1. The minimum atomic E-state index is -0.989. The van der Waals surface area contributed by atoms with Crippen LogP contribution >= 0.6 is 0 Å². The van der Waals surface area contributed by atoms with Crippen LogP contribution < -0.4 is 9.64 Å². The van der Waals surface area contributed by atoms with Gasteiger partial charge < -0.3 is 9.84 Å². The van der Waals surface area contributed by atoms with E-state index in [2.05, 4.69) is 0 Å². The van der Waals surface area contributed by atoms with E-state index < -0.39 is 18.2 Å². The number of para-hydroxylation sites is 1. The van der Waals surface area contributed by atoms with Crippen LogP contribution in [0.1, 0.15) is 6.92 Å². The lowest BCUT2D eigenvalue weighted by Gasteiger charge is -2.20.